The van der Waals surface area contributed by atoms with Gasteiger partial charge in [0, 0.05) is 12.2 Å². The zero-order valence-electron chi connectivity index (χ0n) is 10.00. The summed E-state index contributed by atoms with van der Waals surface area (Å²) in [5.41, 5.74) is 1.61. The van der Waals surface area contributed by atoms with Gasteiger partial charge in [0.25, 0.3) is 0 Å². The highest BCUT2D eigenvalue weighted by atomic mass is 16.5. The molecule has 1 saturated heterocycles. The molecule has 94 valence electrons. The number of aliphatic hydroxyl groups is 1. The van der Waals surface area contributed by atoms with Crippen LogP contribution >= 0.6 is 0 Å². The maximum atomic E-state index is 9.46. The summed E-state index contributed by atoms with van der Waals surface area (Å²) in [4.78, 5) is 8.67. The minimum atomic E-state index is -0.345. The molecule has 0 unspecified atom stereocenters. The molecule has 18 heavy (non-hydrogen) atoms. The summed E-state index contributed by atoms with van der Waals surface area (Å²) < 4.78 is 5.22. The van der Waals surface area contributed by atoms with Crippen LogP contribution < -0.4 is 5.32 Å². The average Bonchev–Trinajstić information content (AvgIpc) is 2.97. The van der Waals surface area contributed by atoms with Crippen LogP contribution in [0, 0.1) is 6.92 Å². The minimum absolute atomic E-state index is 0.0638. The van der Waals surface area contributed by atoms with Gasteiger partial charge >= 0.3 is 0 Å². The van der Waals surface area contributed by atoms with Crippen LogP contribution in [0.3, 0.4) is 0 Å². The second-order valence-electron chi connectivity index (χ2n) is 4.47. The van der Waals surface area contributed by atoms with Crippen molar-refractivity contribution in [2.75, 3.05) is 6.54 Å². The topological polar surface area (TPSA) is 84.1 Å². The Labute approximate surface area is 104 Å². The van der Waals surface area contributed by atoms with Gasteiger partial charge in [-0.2, -0.15) is 4.98 Å². The van der Waals surface area contributed by atoms with Gasteiger partial charge in [-0.1, -0.05) is 11.2 Å². The maximum absolute atomic E-state index is 9.46. The van der Waals surface area contributed by atoms with Gasteiger partial charge in [0.05, 0.1) is 12.1 Å². The first-order valence-electron chi connectivity index (χ1n) is 5.91. The number of nitrogens with zero attached hydrogens (tertiary/aromatic N) is 3. The van der Waals surface area contributed by atoms with Crippen molar-refractivity contribution >= 4 is 0 Å². The molecule has 0 spiro atoms. The lowest BCUT2D eigenvalue weighted by Crippen LogP contribution is -2.15. The number of hydrogen-bond acceptors (Lipinski definition) is 6. The smallest absolute Gasteiger partial charge is 0.244 e. The van der Waals surface area contributed by atoms with E-state index in [2.05, 4.69) is 20.4 Å². The monoisotopic (exact) mass is 246 g/mol. The summed E-state index contributed by atoms with van der Waals surface area (Å²) in [7, 11) is 0. The molecule has 2 aromatic rings. The van der Waals surface area contributed by atoms with Gasteiger partial charge in [-0.15, -0.1) is 0 Å². The SMILES string of the molecule is Cc1cccc(-c2noc([C@H]3C[C@@H](O)CN3)n2)n1. The molecule has 6 nitrogen and oxygen atoms in total. The van der Waals surface area contributed by atoms with E-state index < -0.39 is 0 Å². The molecule has 0 bridgehead atoms. The lowest BCUT2D eigenvalue weighted by Gasteiger charge is -2.01. The van der Waals surface area contributed by atoms with Gasteiger partial charge in [0.2, 0.25) is 11.7 Å². The molecule has 1 fully saturated rings. The fourth-order valence-corrected chi connectivity index (χ4v) is 2.05. The molecule has 3 heterocycles. The standard InChI is InChI=1S/C12H14N4O2/c1-7-3-2-4-9(14-7)11-15-12(18-16-11)10-5-8(17)6-13-10/h2-4,8,10,13,17H,5-6H2,1H3/t8-,10-/m1/s1. The third-order valence-electron chi connectivity index (χ3n) is 2.96. The quantitative estimate of drug-likeness (QED) is 0.816. The summed E-state index contributed by atoms with van der Waals surface area (Å²) in [5.74, 6) is 0.988. The molecule has 1 aliphatic heterocycles. The Morgan fingerprint density at radius 2 is 2.28 bits per heavy atom. The minimum Gasteiger partial charge on any atom is -0.392 e. The van der Waals surface area contributed by atoms with Gasteiger partial charge in [0.15, 0.2) is 0 Å². The van der Waals surface area contributed by atoms with Gasteiger partial charge in [-0.25, -0.2) is 4.98 Å². The van der Waals surface area contributed by atoms with E-state index in [-0.39, 0.29) is 12.1 Å². The number of nitrogens with one attached hydrogen (secondary N) is 1. The van der Waals surface area contributed by atoms with E-state index in [1.807, 2.05) is 25.1 Å². The van der Waals surface area contributed by atoms with Crippen molar-refractivity contribution in [1.29, 1.82) is 0 Å². The summed E-state index contributed by atoms with van der Waals surface area (Å²) >= 11 is 0. The zero-order valence-corrected chi connectivity index (χ0v) is 10.00. The number of aromatic nitrogens is 3. The molecule has 0 aliphatic carbocycles. The third kappa shape index (κ3) is 2.12. The van der Waals surface area contributed by atoms with Crippen molar-refractivity contribution in [3.05, 3.63) is 29.8 Å². The molecule has 0 radical (unpaired) electrons. The van der Waals surface area contributed by atoms with Crippen molar-refractivity contribution in [3.8, 4) is 11.5 Å². The van der Waals surface area contributed by atoms with E-state index in [4.69, 9.17) is 4.52 Å². The predicted octanol–water partition coefficient (Wildman–Crippen LogP) is 0.835. The van der Waals surface area contributed by atoms with Crippen LogP contribution in [-0.2, 0) is 0 Å². The molecule has 6 heteroatoms. The second kappa shape index (κ2) is 4.47. The van der Waals surface area contributed by atoms with Crippen LogP contribution in [0.2, 0.25) is 0 Å². The van der Waals surface area contributed by atoms with Crippen LogP contribution in [0.1, 0.15) is 24.0 Å². The maximum Gasteiger partial charge on any atom is 0.244 e. The van der Waals surface area contributed by atoms with E-state index in [1.165, 1.54) is 0 Å². The van der Waals surface area contributed by atoms with Gasteiger partial charge in [0.1, 0.15) is 5.69 Å². The summed E-state index contributed by atoms with van der Waals surface area (Å²) in [6, 6.07) is 5.61. The molecule has 0 saturated carbocycles. The molecule has 2 aromatic heterocycles. The first-order valence-corrected chi connectivity index (χ1v) is 5.91. The molecule has 1 aliphatic rings. The van der Waals surface area contributed by atoms with Crippen LogP contribution in [-0.4, -0.2) is 32.9 Å². The van der Waals surface area contributed by atoms with Crippen LogP contribution in [0.25, 0.3) is 11.5 Å². The van der Waals surface area contributed by atoms with Gasteiger partial charge < -0.3 is 14.9 Å². The number of β-amino-alcohol motifs (C(OH)–C–C–N with tert-alkyl or cyclic N) is 1. The van der Waals surface area contributed by atoms with Crippen LogP contribution in [0.5, 0.6) is 0 Å². The fraction of sp³-hybridized carbons (Fsp3) is 0.417. The lowest BCUT2D eigenvalue weighted by molar-refractivity contribution is 0.191. The second-order valence-corrected chi connectivity index (χ2v) is 4.47. The lowest BCUT2D eigenvalue weighted by atomic mass is 10.2. The number of rotatable bonds is 2. The Balaban J connectivity index is 1.85. The number of aliphatic hydroxyl groups excluding tert-OH is 1. The first-order chi connectivity index (χ1) is 8.72. The Bertz CT molecular complexity index is 555. The van der Waals surface area contributed by atoms with E-state index in [0.717, 1.165) is 5.69 Å². The number of pyridine rings is 1. The average molecular weight is 246 g/mol. The Kier molecular flexibility index (Phi) is 2.81. The summed E-state index contributed by atoms with van der Waals surface area (Å²) in [6.45, 7) is 2.48. The van der Waals surface area contributed by atoms with Crippen molar-refractivity contribution in [1.82, 2.24) is 20.4 Å². The van der Waals surface area contributed by atoms with E-state index in [9.17, 15) is 5.11 Å². The molecular formula is C12H14N4O2. The Morgan fingerprint density at radius 3 is 3.00 bits per heavy atom. The summed E-state index contributed by atoms with van der Waals surface area (Å²) in [6.07, 6.45) is 0.255. The predicted molar refractivity (Wildman–Crippen MR) is 63.6 cm³/mol. The van der Waals surface area contributed by atoms with E-state index in [0.29, 0.717) is 30.4 Å². The highest BCUT2D eigenvalue weighted by molar-refractivity contribution is 5.48. The Hall–Kier alpha value is -1.79. The number of hydrogen-bond donors (Lipinski definition) is 2. The van der Waals surface area contributed by atoms with Crippen molar-refractivity contribution in [2.24, 2.45) is 0 Å². The highest BCUT2D eigenvalue weighted by Gasteiger charge is 2.28. The van der Waals surface area contributed by atoms with Gasteiger partial charge in [-0.3, -0.25) is 0 Å². The summed E-state index contributed by atoms with van der Waals surface area (Å²) in [5, 5.41) is 16.5. The first kappa shape index (κ1) is 11.3. The molecule has 3 rings (SSSR count). The zero-order chi connectivity index (χ0) is 12.5. The highest BCUT2D eigenvalue weighted by Crippen LogP contribution is 2.23. The number of aryl methyl sites for hydroxylation is 1. The van der Waals surface area contributed by atoms with Crippen molar-refractivity contribution < 1.29 is 9.63 Å². The molecule has 0 aromatic carbocycles. The third-order valence-corrected chi connectivity index (χ3v) is 2.96. The van der Waals surface area contributed by atoms with Crippen LogP contribution in [0.15, 0.2) is 22.7 Å². The molecule has 2 N–H and O–H groups in total. The molecule has 0 amide bonds. The fourth-order valence-electron chi connectivity index (χ4n) is 2.05. The Morgan fingerprint density at radius 1 is 1.39 bits per heavy atom. The van der Waals surface area contributed by atoms with Crippen molar-refractivity contribution in [2.45, 2.75) is 25.5 Å². The normalized spacial score (nSPS) is 23.4. The molecular weight excluding hydrogens is 232 g/mol. The van der Waals surface area contributed by atoms with E-state index >= 15 is 0 Å². The van der Waals surface area contributed by atoms with E-state index in [1.54, 1.807) is 0 Å². The largest absolute Gasteiger partial charge is 0.392 e. The molecule has 2 atom stereocenters. The van der Waals surface area contributed by atoms with Crippen LogP contribution in [0.4, 0.5) is 0 Å². The van der Waals surface area contributed by atoms with Crippen molar-refractivity contribution in [3.63, 3.8) is 0 Å². The van der Waals surface area contributed by atoms with Gasteiger partial charge in [-0.05, 0) is 25.5 Å².